The van der Waals surface area contributed by atoms with E-state index in [1.54, 1.807) is 12.1 Å². The first-order valence-electron chi connectivity index (χ1n) is 12.5. The molecule has 2 heterocycles. The zero-order valence-electron chi connectivity index (χ0n) is 20.4. The normalized spacial score (nSPS) is 19.0. The van der Waals surface area contributed by atoms with E-state index in [0.29, 0.717) is 23.7 Å². The molecule has 35 heavy (non-hydrogen) atoms. The standard InChI is InChI=1S/C28H32ClFN4O/c1-18(23-8-7-22(29)17-24(23)30)34-19(2)32-25-9-6-21(16-26(25)34)20-10-14-33(15-11-20)27(35)28(31)12-4-3-5-13-28/h6-10,16-18H,3-5,11-15,31H2,1-2H3/t18-/m1/s1. The molecule has 0 radical (unpaired) electrons. The summed E-state index contributed by atoms with van der Waals surface area (Å²) in [5, 5.41) is 0.383. The number of aryl methyl sites for hydroxylation is 1. The molecule has 0 saturated heterocycles. The number of carbonyl (C=O) groups excluding carboxylic acids is 1. The van der Waals surface area contributed by atoms with Crippen LogP contribution in [-0.4, -0.2) is 39.0 Å². The molecule has 1 aromatic heterocycles. The van der Waals surface area contributed by atoms with Crippen molar-refractivity contribution in [3.8, 4) is 0 Å². The van der Waals surface area contributed by atoms with Gasteiger partial charge in [0.15, 0.2) is 0 Å². The maximum absolute atomic E-state index is 14.7. The Morgan fingerprint density at radius 3 is 2.63 bits per heavy atom. The van der Waals surface area contributed by atoms with Gasteiger partial charge in [-0.3, -0.25) is 4.79 Å². The Kier molecular flexibility index (Phi) is 6.45. The zero-order chi connectivity index (χ0) is 24.7. The van der Waals surface area contributed by atoms with Crippen molar-refractivity contribution in [2.45, 2.75) is 64.0 Å². The lowest BCUT2D eigenvalue weighted by Crippen LogP contribution is -2.56. The molecule has 1 atom stereocenters. The Morgan fingerprint density at radius 1 is 1.17 bits per heavy atom. The van der Waals surface area contributed by atoms with E-state index in [9.17, 15) is 9.18 Å². The first kappa shape index (κ1) is 24.0. The molecular weight excluding hydrogens is 463 g/mol. The monoisotopic (exact) mass is 494 g/mol. The highest BCUT2D eigenvalue weighted by Gasteiger charge is 2.38. The van der Waals surface area contributed by atoms with Crippen LogP contribution in [0.25, 0.3) is 16.6 Å². The van der Waals surface area contributed by atoms with Crippen LogP contribution < -0.4 is 5.73 Å². The predicted molar refractivity (Wildman–Crippen MR) is 139 cm³/mol. The Bertz CT molecular complexity index is 1310. The van der Waals surface area contributed by atoms with Gasteiger partial charge in [-0.05, 0) is 68.5 Å². The van der Waals surface area contributed by atoms with Crippen LogP contribution in [0.15, 0.2) is 42.5 Å². The smallest absolute Gasteiger partial charge is 0.242 e. The first-order chi connectivity index (χ1) is 16.8. The van der Waals surface area contributed by atoms with Gasteiger partial charge < -0.3 is 15.2 Å². The lowest BCUT2D eigenvalue weighted by atomic mass is 9.81. The molecule has 7 heteroatoms. The lowest BCUT2D eigenvalue weighted by Gasteiger charge is -2.38. The molecule has 1 aliphatic heterocycles. The molecule has 1 aliphatic carbocycles. The van der Waals surface area contributed by atoms with Crippen LogP contribution in [0.5, 0.6) is 0 Å². The zero-order valence-corrected chi connectivity index (χ0v) is 21.1. The number of hydrogen-bond donors (Lipinski definition) is 1. The first-order valence-corrected chi connectivity index (χ1v) is 12.9. The number of fused-ring (bicyclic) bond motifs is 1. The summed E-state index contributed by atoms with van der Waals surface area (Å²) >= 11 is 5.96. The SMILES string of the molecule is Cc1nc2ccc(C3=CCN(C(=O)C4(N)CCCCC4)CC3)cc2n1[C@H](C)c1ccc(Cl)cc1F. The quantitative estimate of drug-likeness (QED) is 0.482. The van der Waals surface area contributed by atoms with Gasteiger partial charge >= 0.3 is 0 Å². The summed E-state index contributed by atoms with van der Waals surface area (Å²) in [5.41, 5.74) is 10.5. The molecule has 2 aromatic carbocycles. The molecule has 184 valence electrons. The van der Waals surface area contributed by atoms with Crippen LogP contribution in [0.2, 0.25) is 5.02 Å². The fourth-order valence-corrected chi connectivity index (χ4v) is 5.87. The average Bonchev–Trinajstić information content (AvgIpc) is 3.18. The number of rotatable bonds is 4. The molecule has 0 unspecified atom stereocenters. The van der Waals surface area contributed by atoms with E-state index in [-0.39, 0.29) is 17.8 Å². The number of carbonyl (C=O) groups is 1. The van der Waals surface area contributed by atoms with E-state index in [0.717, 1.165) is 60.9 Å². The third-order valence-corrected chi connectivity index (χ3v) is 7.94. The minimum Gasteiger partial charge on any atom is -0.337 e. The highest BCUT2D eigenvalue weighted by molar-refractivity contribution is 6.30. The number of amides is 1. The molecule has 0 spiro atoms. The molecule has 2 N–H and O–H groups in total. The van der Waals surface area contributed by atoms with Gasteiger partial charge in [-0.1, -0.05) is 49.1 Å². The van der Waals surface area contributed by atoms with Gasteiger partial charge in [0.05, 0.1) is 22.6 Å². The van der Waals surface area contributed by atoms with Crippen molar-refractivity contribution in [3.05, 3.63) is 70.3 Å². The summed E-state index contributed by atoms with van der Waals surface area (Å²) in [7, 11) is 0. The lowest BCUT2D eigenvalue weighted by molar-refractivity contribution is -0.137. The maximum atomic E-state index is 14.7. The van der Waals surface area contributed by atoms with Crippen molar-refractivity contribution < 1.29 is 9.18 Å². The van der Waals surface area contributed by atoms with Crippen LogP contribution >= 0.6 is 11.6 Å². The summed E-state index contributed by atoms with van der Waals surface area (Å²) in [6.45, 7) is 5.17. The molecule has 1 fully saturated rings. The minimum atomic E-state index is -0.695. The molecule has 2 aliphatic rings. The fraction of sp³-hybridized carbons (Fsp3) is 0.429. The van der Waals surface area contributed by atoms with Crippen molar-refractivity contribution in [1.29, 1.82) is 0 Å². The second-order valence-electron chi connectivity index (χ2n) is 10.0. The number of nitrogens with zero attached hydrogens (tertiary/aromatic N) is 3. The van der Waals surface area contributed by atoms with Crippen LogP contribution in [-0.2, 0) is 4.79 Å². The van der Waals surface area contributed by atoms with E-state index < -0.39 is 5.54 Å². The second-order valence-corrected chi connectivity index (χ2v) is 10.5. The van der Waals surface area contributed by atoms with Crippen LogP contribution in [0, 0.1) is 12.7 Å². The van der Waals surface area contributed by atoms with E-state index in [2.05, 4.69) is 22.8 Å². The van der Waals surface area contributed by atoms with Crippen molar-refractivity contribution in [2.75, 3.05) is 13.1 Å². The van der Waals surface area contributed by atoms with Gasteiger partial charge in [0.1, 0.15) is 11.6 Å². The number of nitrogens with two attached hydrogens (primary N) is 1. The maximum Gasteiger partial charge on any atom is 0.242 e. The van der Waals surface area contributed by atoms with Crippen molar-refractivity contribution in [1.82, 2.24) is 14.5 Å². The number of aromatic nitrogens is 2. The summed E-state index contributed by atoms with van der Waals surface area (Å²) in [6.07, 6.45) is 7.71. The van der Waals surface area contributed by atoms with Gasteiger partial charge in [0, 0.05) is 23.7 Å². The molecule has 1 amide bonds. The molecular formula is C28H32ClFN4O. The highest BCUT2D eigenvalue weighted by atomic mass is 35.5. The molecule has 5 nitrogen and oxygen atoms in total. The average molecular weight is 495 g/mol. The number of imidazole rings is 1. The topological polar surface area (TPSA) is 64.2 Å². The summed E-state index contributed by atoms with van der Waals surface area (Å²) < 4.78 is 16.8. The molecule has 3 aromatic rings. The van der Waals surface area contributed by atoms with Crippen LogP contribution in [0.1, 0.15) is 68.4 Å². The molecule has 0 bridgehead atoms. The van der Waals surface area contributed by atoms with E-state index in [4.69, 9.17) is 22.3 Å². The minimum absolute atomic E-state index is 0.0930. The predicted octanol–water partition coefficient (Wildman–Crippen LogP) is 6.02. The number of halogens is 2. The molecule has 5 rings (SSSR count). The Balaban J connectivity index is 1.42. The largest absolute Gasteiger partial charge is 0.337 e. The number of benzene rings is 2. The van der Waals surface area contributed by atoms with Crippen molar-refractivity contribution in [2.24, 2.45) is 5.73 Å². The van der Waals surface area contributed by atoms with Gasteiger partial charge in [0.2, 0.25) is 5.91 Å². The van der Waals surface area contributed by atoms with Gasteiger partial charge in [0.25, 0.3) is 0 Å². The highest BCUT2D eigenvalue weighted by Crippen LogP contribution is 2.33. The van der Waals surface area contributed by atoms with Gasteiger partial charge in [-0.25, -0.2) is 9.37 Å². The number of hydrogen-bond acceptors (Lipinski definition) is 3. The van der Waals surface area contributed by atoms with Gasteiger partial charge in [-0.15, -0.1) is 0 Å². The third-order valence-electron chi connectivity index (χ3n) is 7.70. The molecule has 1 saturated carbocycles. The summed E-state index contributed by atoms with van der Waals surface area (Å²) in [4.78, 5) is 19.7. The van der Waals surface area contributed by atoms with Crippen molar-refractivity contribution in [3.63, 3.8) is 0 Å². The van der Waals surface area contributed by atoms with E-state index >= 15 is 0 Å². The Morgan fingerprint density at radius 2 is 1.94 bits per heavy atom. The Labute approximate surface area is 210 Å². The third kappa shape index (κ3) is 4.50. The van der Waals surface area contributed by atoms with Gasteiger partial charge in [-0.2, -0.15) is 0 Å². The Hall–Kier alpha value is -2.70. The second kappa shape index (κ2) is 9.40. The fourth-order valence-electron chi connectivity index (χ4n) is 5.71. The van der Waals surface area contributed by atoms with E-state index in [1.807, 2.05) is 24.8 Å². The van der Waals surface area contributed by atoms with E-state index in [1.165, 1.54) is 11.6 Å². The summed E-state index contributed by atoms with van der Waals surface area (Å²) in [6, 6.07) is 10.8. The summed E-state index contributed by atoms with van der Waals surface area (Å²) in [5.74, 6) is 0.599. The van der Waals surface area contributed by atoms with Crippen LogP contribution in [0.4, 0.5) is 4.39 Å². The van der Waals surface area contributed by atoms with Crippen molar-refractivity contribution >= 4 is 34.1 Å². The van der Waals surface area contributed by atoms with Crippen LogP contribution in [0.3, 0.4) is 0 Å².